The topological polar surface area (TPSA) is 186 Å². The van der Waals surface area contributed by atoms with Crippen LogP contribution in [0.15, 0.2) is 48.5 Å². The summed E-state index contributed by atoms with van der Waals surface area (Å²) in [5.74, 6) is -1.89. The molecule has 14 heteroatoms. The maximum atomic E-state index is 12.2. The second-order valence-electron chi connectivity index (χ2n) is 6.47. The Hall–Kier alpha value is -4.46. The van der Waals surface area contributed by atoms with Crippen LogP contribution in [0.25, 0.3) is 0 Å². The van der Waals surface area contributed by atoms with E-state index in [1.165, 1.54) is 0 Å². The fraction of sp³-hybridized carbons (Fsp3) is 0.158. The normalized spacial score (nSPS) is 9.94. The maximum absolute atomic E-state index is 12.2. The van der Waals surface area contributed by atoms with Crippen LogP contribution < -0.4 is 21.5 Å². The molecule has 0 spiro atoms. The lowest BCUT2D eigenvalue weighted by Gasteiger charge is -2.11. The number of amides is 3. The average Bonchev–Trinajstić information content (AvgIpc) is 2.80. The molecule has 0 heterocycles. The third-order valence-electron chi connectivity index (χ3n) is 4.04. The first kappa shape index (κ1) is 24.8. The quantitative estimate of drug-likeness (QED) is 0.248. The number of nitrogens with zero attached hydrogens (tertiary/aromatic N) is 2. The second kappa shape index (κ2) is 11.8. The van der Waals surface area contributed by atoms with Crippen LogP contribution in [0.2, 0.25) is 0 Å². The molecule has 2 aromatic carbocycles. The highest BCUT2D eigenvalue weighted by Crippen LogP contribution is 2.22. The van der Waals surface area contributed by atoms with Gasteiger partial charge in [-0.3, -0.25) is 50.8 Å². The van der Waals surface area contributed by atoms with E-state index in [-0.39, 0.29) is 29.4 Å². The van der Waals surface area contributed by atoms with Gasteiger partial charge in [0.1, 0.15) is 0 Å². The first-order valence-corrected chi connectivity index (χ1v) is 9.71. The number of nitro groups is 2. The molecule has 0 aliphatic rings. The number of non-ortho nitro benzene ring substituents is 2. The molecule has 0 saturated heterocycles. The van der Waals surface area contributed by atoms with Gasteiger partial charge in [-0.1, -0.05) is 30.3 Å². The summed E-state index contributed by atoms with van der Waals surface area (Å²) in [7, 11) is 0. The summed E-state index contributed by atoms with van der Waals surface area (Å²) in [6.45, 7) is 0.325. The van der Waals surface area contributed by atoms with Crippen LogP contribution in [0.3, 0.4) is 0 Å². The summed E-state index contributed by atoms with van der Waals surface area (Å²) in [6, 6.07) is 11.6. The molecule has 0 aromatic heterocycles. The van der Waals surface area contributed by atoms with Crippen molar-refractivity contribution >= 4 is 46.4 Å². The fourth-order valence-corrected chi connectivity index (χ4v) is 2.59. The number of thiocarbonyl (C=S) groups is 1. The fourth-order valence-electron chi connectivity index (χ4n) is 2.44. The number of benzene rings is 2. The minimum Gasteiger partial charge on any atom is -0.352 e. The Morgan fingerprint density at radius 2 is 1.42 bits per heavy atom. The van der Waals surface area contributed by atoms with Crippen molar-refractivity contribution in [3.05, 3.63) is 79.9 Å². The summed E-state index contributed by atoms with van der Waals surface area (Å²) < 4.78 is 0. The smallest absolute Gasteiger partial charge is 0.277 e. The summed E-state index contributed by atoms with van der Waals surface area (Å²) in [5.41, 5.74) is 3.67. The number of nitrogens with one attached hydrogen (secondary N) is 4. The van der Waals surface area contributed by atoms with Gasteiger partial charge in [0.25, 0.3) is 17.3 Å². The molecule has 0 saturated carbocycles. The number of rotatable bonds is 8. The van der Waals surface area contributed by atoms with Crippen molar-refractivity contribution < 1.29 is 24.2 Å². The molecule has 0 aliphatic heterocycles. The molecule has 33 heavy (non-hydrogen) atoms. The highest BCUT2D eigenvalue weighted by atomic mass is 32.1. The average molecular weight is 474 g/mol. The van der Waals surface area contributed by atoms with E-state index in [2.05, 4.69) is 21.5 Å². The molecule has 0 atom stereocenters. The zero-order valence-corrected chi connectivity index (χ0v) is 17.7. The van der Waals surface area contributed by atoms with Gasteiger partial charge >= 0.3 is 0 Å². The van der Waals surface area contributed by atoms with Crippen LogP contribution in [-0.2, 0) is 16.1 Å². The molecular weight excluding hydrogens is 456 g/mol. The lowest BCUT2D eigenvalue weighted by atomic mass is 10.1. The molecule has 0 aliphatic carbocycles. The molecule has 0 unspecified atom stereocenters. The van der Waals surface area contributed by atoms with Crippen LogP contribution in [0.1, 0.15) is 28.8 Å². The van der Waals surface area contributed by atoms with E-state index in [0.717, 1.165) is 17.7 Å². The number of carbonyl (C=O) groups excluding carboxylic acids is 3. The van der Waals surface area contributed by atoms with Crippen molar-refractivity contribution in [3.8, 4) is 0 Å². The lowest BCUT2D eigenvalue weighted by Crippen LogP contribution is -2.48. The largest absolute Gasteiger partial charge is 0.352 e. The lowest BCUT2D eigenvalue weighted by molar-refractivity contribution is -0.394. The van der Waals surface area contributed by atoms with Gasteiger partial charge in [0.2, 0.25) is 11.8 Å². The van der Waals surface area contributed by atoms with Gasteiger partial charge in [0, 0.05) is 31.5 Å². The monoisotopic (exact) mass is 474 g/mol. The predicted molar refractivity (Wildman–Crippen MR) is 119 cm³/mol. The van der Waals surface area contributed by atoms with Gasteiger partial charge in [-0.2, -0.15) is 0 Å². The Bertz CT molecular complexity index is 1060. The van der Waals surface area contributed by atoms with Crippen LogP contribution in [0.4, 0.5) is 11.4 Å². The van der Waals surface area contributed by atoms with Gasteiger partial charge in [0.05, 0.1) is 21.5 Å². The highest BCUT2D eigenvalue weighted by molar-refractivity contribution is 7.80. The first-order chi connectivity index (χ1) is 15.7. The number of nitro benzene ring substituents is 2. The second-order valence-corrected chi connectivity index (χ2v) is 6.88. The van der Waals surface area contributed by atoms with Gasteiger partial charge < -0.3 is 5.32 Å². The summed E-state index contributed by atoms with van der Waals surface area (Å²) in [5, 5.41) is 26.3. The van der Waals surface area contributed by atoms with E-state index in [1.54, 1.807) is 0 Å². The molecule has 2 rings (SSSR count). The van der Waals surface area contributed by atoms with E-state index in [0.29, 0.717) is 12.6 Å². The molecule has 0 fully saturated rings. The van der Waals surface area contributed by atoms with Crippen LogP contribution in [-0.4, -0.2) is 32.7 Å². The molecule has 172 valence electrons. The van der Waals surface area contributed by atoms with E-state index < -0.39 is 33.0 Å². The highest BCUT2D eigenvalue weighted by Gasteiger charge is 2.20. The maximum Gasteiger partial charge on any atom is 0.277 e. The zero-order valence-electron chi connectivity index (χ0n) is 16.9. The Kier molecular flexibility index (Phi) is 8.87. The standard InChI is InChI=1S/C19H18N6O7S/c26-16(20-11-12-4-2-1-3-5-12)6-7-17(27)22-23-19(33)21-18(28)13-8-14(24(29)30)10-15(9-13)25(31)32/h1-5,8-10H,6-7,11H2,(H,20,26)(H,22,27)(H2,21,23,28,33). The minimum atomic E-state index is -0.964. The number of carbonyl (C=O) groups is 3. The molecular formula is C19H18N6O7S. The molecule has 2 aromatic rings. The van der Waals surface area contributed by atoms with Crippen molar-refractivity contribution in [2.45, 2.75) is 19.4 Å². The van der Waals surface area contributed by atoms with Crippen molar-refractivity contribution in [3.63, 3.8) is 0 Å². The van der Waals surface area contributed by atoms with Crippen molar-refractivity contribution in [1.82, 2.24) is 21.5 Å². The third-order valence-corrected chi connectivity index (χ3v) is 4.24. The summed E-state index contributed by atoms with van der Waals surface area (Å²) >= 11 is 4.84. The molecule has 3 amide bonds. The Balaban J connectivity index is 1.78. The number of hydrogen-bond acceptors (Lipinski definition) is 8. The Labute approximate surface area is 191 Å². The molecule has 0 bridgehead atoms. The van der Waals surface area contributed by atoms with E-state index in [1.807, 2.05) is 30.3 Å². The Morgan fingerprint density at radius 1 is 0.848 bits per heavy atom. The van der Waals surface area contributed by atoms with Gasteiger partial charge in [-0.05, 0) is 17.8 Å². The number of hydrogen-bond donors (Lipinski definition) is 4. The van der Waals surface area contributed by atoms with Gasteiger partial charge in [-0.25, -0.2) is 0 Å². The molecule has 4 N–H and O–H groups in total. The number of hydrazine groups is 1. The van der Waals surface area contributed by atoms with E-state index in [9.17, 15) is 34.6 Å². The first-order valence-electron chi connectivity index (χ1n) is 9.30. The van der Waals surface area contributed by atoms with Crippen LogP contribution in [0.5, 0.6) is 0 Å². The SMILES string of the molecule is O=C(CCC(=O)NNC(=S)NC(=O)c1cc([N+](=O)[O-])cc([N+](=O)[O-])c1)NCc1ccccc1. The molecule has 0 radical (unpaired) electrons. The summed E-state index contributed by atoms with van der Waals surface area (Å²) in [6.07, 6.45) is -0.252. The Morgan fingerprint density at radius 3 is 2.00 bits per heavy atom. The van der Waals surface area contributed by atoms with Crippen LogP contribution >= 0.6 is 12.2 Å². The van der Waals surface area contributed by atoms with Crippen LogP contribution in [0, 0.1) is 20.2 Å². The zero-order chi connectivity index (χ0) is 24.4. The summed E-state index contributed by atoms with van der Waals surface area (Å²) in [4.78, 5) is 55.9. The van der Waals surface area contributed by atoms with Gasteiger partial charge in [0.15, 0.2) is 5.11 Å². The van der Waals surface area contributed by atoms with Gasteiger partial charge in [-0.15, -0.1) is 0 Å². The van der Waals surface area contributed by atoms with E-state index in [4.69, 9.17) is 12.2 Å². The van der Waals surface area contributed by atoms with Crippen molar-refractivity contribution in [1.29, 1.82) is 0 Å². The van der Waals surface area contributed by atoms with E-state index >= 15 is 0 Å². The third kappa shape index (κ3) is 8.29. The van der Waals surface area contributed by atoms with Crippen molar-refractivity contribution in [2.75, 3.05) is 0 Å². The van der Waals surface area contributed by atoms with Crippen molar-refractivity contribution in [2.24, 2.45) is 0 Å². The molecule has 13 nitrogen and oxygen atoms in total. The minimum absolute atomic E-state index is 0.0865. The predicted octanol–water partition coefficient (Wildman–Crippen LogP) is 1.24.